The predicted molar refractivity (Wildman–Crippen MR) is 111 cm³/mol. The summed E-state index contributed by atoms with van der Waals surface area (Å²) >= 11 is 0. The third kappa shape index (κ3) is 3.45. The molecule has 0 saturated carbocycles. The van der Waals surface area contributed by atoms with Gasteiger partial charge < -0.3 is 19.3 Å². The van der Waals surface area contributed by atoms with Crippen molar-refractivity contribution in [1.82, 2.24) is 9.97 Å². The van der Waals surface area contributed by atoms with Gasteiger partial charge in [-0.25, -0.2) is 9.97 Å². The standard InChI is InChI=1S/C22H24N4O2/c1-25(18-7-5-4-6-8-18)21-13-22(24-15-23-21)26-10-9-16-11-19(27-2)20(28-3)12-17(16)14-26/h4-8,11-13,15H,9-10,14H2,1-3H3. The van der Waals surface area contributed by atoms with E-state index >= 15 is 0 Å². The van der Waals surface area contributed by atoms with Gasteiger partial charge in [0.05, 0.1) is 14.2 Å². The van der Waals surface area contributed by atoms with E-state index in [9.17, 15) is 0 Å². The number of rotatable bonds is 5. The summed E-state index contributed by atoms with van der Waals surface area (Å²) in [5.41, 5.74) is 3.62. The normalized spacial score (nSPS) is 13.0. The van der Waals surface area contributed by atoms with Gasteiger partial charge in [0, 0.05) is 31.9 Å². The molecule has 0 fully saturated rings. The second kappa shape index (κ2) is 7.76. The molecule has 6 heteroatoms. The van der Waals surface area contributed by atoms with E-state index in [1.54, 1.807) is 20.5 Å². The fourth-order valence-corrected chi connectivity index (χ4v) is 3.56. The second-order valence-corrected chi connectivity index (χ2v) is 6.78. The Bertz CT molecular complexity index is 962. The van der Waals surface area contributed by atoms with Gasteiger partial charge in [0.15, 0.2) is 11.5 Å². The number of fused-ring (bicyclic) bond motifs is 1. The third-order valence-corrected chi connectivity index (χ3v) is 5.17. The molecule has 1 aliphatic heterocycles. The van der Waals surface area contributed by atoms with Gasteiger partial charge >= 0.3 is 0 Å². The highest BCUT2D eigenvalue weighted by Crippen LogP contribution is 2.34. The Kier molecular flexibility index (Phi) is 5.02. The van der Waals surface area contributed by atoms with Gasteiger partial charge in [0.1, 0.15) is 18.0 Å². The van der Waals surface area contributed by atoms with Gasteiger partial charge in [-0.3, -0.25) is 0 Å². The van der Waals surface area contributed by atoms with E-state index in [4.69, 9.17) is 9.47 Å². The molecular formula is C22H24N4O2. The molecule has 0 atom stereocenters. The zero-order valence-electron chi connectivity index (χ0n) is 16.4. The number of methoxy groups -OCH3 is 2. The molecule has 2 heterocycles. The minimum Gasteiger partial charge on any atom is -0.493 e. The van der Waals surface area contributed by atoms with E-state index in [2.05, 4.69) is 44.0 Å². The van der Waals surface area contributed by atoms with Crippen LogP contribution >= 0.6 is 0 Å². The molecule has 2 aromatic carbocycles. The van der Waals surface area contributed by atoms with E-state index in [1.165, 1.54) is 11.1 Å². The number of anilines is 3. The molecule has 0 radical (unpaired) electrons. The van der Waals surface area contributed by atoms with Crippen molar-refractivity contribution in [1.29, 1.82) is 0 Å². The highest BCUT2D eigenvalue weighted by molar-refractivity contribution is 5.62. The van der Waals surface area contributed by atoms with Crippen molar-refractivity contribution in [3.8, 4) is 11.5 Å². The number of ether oxygens (including phenoxy) is 2. The van der Waals surface area contributed by atoms with Crippen LogP contribution in [0.15, 0.2) is 54.9 Å². The summed E-state index contributed by atoms with van der Waals surface area (Å²) in [4.78, 5) is 13.3. The van der Waals surface area contributed by atoms with E-state index < -0.39 is 0 Å². The van der Waals surface area contributed by atoms with Crippen LogP contribution < -0.4 is 19.3 Å². The van der Waals surface area contributed by atoms with Crippen molar-refractivity contribution >= 4 is 17.3 Å². The van der Waals surface area contributed by atoms with Gasteiger partial charge in [-0.2, -0.15) is 0 Å². The van der Waals surface area contributed by atoms with Crippen LogP contribution in [0.4, 0.5) is 17.3 Å². The summed E-state index contributed by atoms with van der Waals surface area (Å²) in [6, 6.07) is 16.4. The van der Waals surface area contributed by atoms with E-state index in [-0.39, 0.29) is 0 Å². The largest absolute Gasteiger partial charge is 0.493 e. The van der Waals surface area contributed by atoms with Crippen LogP contribution in [-0.2, 0) is 13.0 Å². The second-order valence-electron chi connectivity index (χ2n) is 6.78. The van der Waals surface area contributed by atoms with Gasteiger partial charge in [-0.05, 0) is 41.8 Å². The Hall–Kier alpha value is -3.28. The maximum atomic E-state index is 5.47. The lowest BCUT2D eigenvalue weighted by Gasteiger charge is -2.31. The quantitative estimate of drug-likeness (QED) is 0.675. The summed E-state index contributed by atoms with van der Waals surface area (Å²) in [5, 5.41) is 0. The summed E-state index contributed by atoms with van der Waals surface area (Å²) in [7, 11) is 5.36. The molecule has 0 spiro atoms. The summed E-state index contributed by atoms with van der Waals surface area (Å²) in [6.45, 7) is 1.68. The van der Waals surface area contributed by atoms with Crippen LogP contribution in [0.25, 0.3) is 0 Å². The zero-order valence-corrected chi connectivity index (χ0v) is 16.4. The highest BCUT2D eigenvalue weighted by atomic mass is 16.5. The third-order valence-electron chi connectivity index (χ3n) is 5.17. The molecule has 28 heavy (non-hydrogen) atoms. The molecular weight excluding hydrogens is 352 g/mol. The first-order chi connectivity index (χ1) is 13.7. The fourth-order valence-electron chi connectivity index (χ4n) is 3.56. The van der Waals surface area contributed by atoms with Crippen LogP contribution in [-0.4, -0.2) is 37.8 Å². The molecule has 0 N–H and O–H groups in total. The van der Waals surface area contributed by atoms with Gasteiger partial charge in [0.25, 0.3) is 0 Å². The Balaban J connectivity index is 1.59. The highest BCUT2D eigenvalue weighted by Gasteiger charge is 2.21. The number of para-hydroxylation sites is 1. The summed E-state index contributed by atoms with van der Waals surface area (Å²) in [5.74, 6) is 3.33. The molecule has 0 aliphatic carbocycles. The number of aromatic nitrogens is 2. The maximum absolute atomic E-state index is 5.47. The van der Waals surface area contributed by atoms with Crippen LogP contribution in [0.5, 0.6) is 11.5 Å². The average Bonchev–Trinajstić information content (AvgIpc) is 2.77. The van der Waals surface area contributed by atoms with Crippen molar-refractivity contribution in [2.45, 2.75) is 13.0 Å². The first-order valence-electron chi connectivity index (χ1n) is 9.29. The first-order valence-corrected chi connectivity index (χ1v) is 9.29. The molecule has 4 rings (SSSR count). The maximum Gasteiger partial charge on any atom is 0.161 e. The molecule has 0 unspecified atom stereocenters. The molecule has 0 bridgehead atoms. The van der Waals surface area contributed by atoms with Gasteiger partial charge in [-0.1, -0.05) is 18.2 Å². The number of hydrogen-bond acceptors (Lipinski definition) is 6. The Morgan fingerprint density at radius 1 is 0.929 bits per heavy atom. The molecule has 1 aliphatic rings. The minimum absolute atomic E-state index is 0.760. The van der Waals surface area contributed by atoms with Crippen LogP contribution in [0, 0.1) is 0 Å². The zero-order chi connectivity index (χ0) is 19.5. The molecule has 0 saturated heterocycles. The first kappa shape index (κ1) is 18.1. The molecule has 1 aromatic heterocycles. The predicted octanol–water partition coefficient (Wildman–Crippen LogP) is 3.82. The van der Waals surface area contributed by atoms with Crippen molar-refractivity contribution in [3.63, 3.8) is 0 Å². The summed E-state index contributed by atoms with van der Waals surface area (Å²) in [6.07, 6.45) is 2.57. The minimum atomic E-state index is 0.760. The van der Waals surface area contributed by atoms with Crippen molar-refractivity contribution in [2.24, 2.45) is 0 Å². The van der Waals surface area contributed by atoms with E-state index in [0.29, 0.717) is 0 Å². The molecule has 144 valence electrons. The summed E-state index contributed by atoms with van der Waals surface area (Å²) < 4.78 is 10.9. The fraction of sp³-hybridized carbons (Fsp3) is 0.273. The lowest BCUT2D eigenvalue weighted by Crippen LogP contribution is -2.31. The molecule has 3 aromatic rings. The van der Waals surface area contributed by atoms with Crippen LogP contribution in [0.1, 0.15) is 11.1 Å². The lowest BCUT2D eigenvalue weighted by atomic mass is 9.99. The van der Waals surface area contributed by atoms with Crippen molar-refractivity contribution < 1.29 is 9.47 Å². The number of hydrogen-bond donors (Lipinski definition) is 0. The Labute approximate surface area is 165 Å². The number of benzene rings is 2. The van der Waals surface area contributed by atoms with Crippen LogP contribution in [0.3, 0.4) is 0 Å². The van der Waals surface area contributed by atoms with E-state index in [1.807, 2.05) is 31.3 Å². The molecule has 0 amide bonds. The van der Waals surface area contributed by atoms with Crippen molar-refractivity contribution in [2.75, 3.05) is 37.6 Å². The molecule has 6 nitrogen and oxygen atoms in total. The Morgan fingerprint density at radius 3 is 2.36 bits per heavy atom. The Morgan fingerprint density at radius 2 is 1.64 bits per heavy atom. The van der Waals surface area contributed by atoms with Crippen molar-refractivity contribution in [3.05, 3.63) is 66.0 Å². The van der Waals surface area contributed by atoms with Gasteiger partial charge in [-0.15, -0.1) is 0 Å². The van der Waals surface area contributed by atoms with Crippen LogP contribution in [0.2, 0.25) is 0 Å². The smallest absolute Gasteiger partial charge is 0.161 e. The average molecular weight is 376 g/mol. The lowest BCUT2D eigenvalue weighted by molar-refractivity contribution is 0.353. The van der Waals surface area contributed by atoms with E-state index in [0.717, 1.165) is 48.3 Å². The topological polar surface area (TPSA) is 50.7 Å². The number of nitrogens with zero attached hydrogens (tertiary/aromatic N) is 4. The van der Waals surface area contributed by atoms with Gasteiger partial charge in [0.2, 0.25) is 0 Å². The monoisotopic (exact) mass is 376 g/mol. The SMILES string of the molecule is COc1cc2c(cc1OC)CN(c1cc(N(C)c3ccccc3)ncn1)CC2.